The molecule has 1 aromatic heterocycles. The van der Waals surface area contributed by atoms with Crippen molar-refractivity contribution in [2.45, 2.75) is 0 Å². The second kappa shape index (κ2) is 3.48. The van der Waals surface area contributed by atoms with E-state index >= 15 is 0 Å². The predicted molar refractivity (Wildman–Crippen MR) is 61.1 cm³/mol. The van der Waals surface area contributed by atoms with Gasteiger partial charge in [-0.15, -0.1) is 11.3 Å². The molecule has 0 fully saturated rings. The van der Waals surface area contributed by atoms with E-state index in [1.165, 1.54) is 0 Å². The Bertz CT molecular complexity index is 452. The van der Waals surface area contributed by atoms with E-state index in [-0.39, 0.29) is 0 Å². The van der Waals surface area contributed by atoms with E-state index in [1.807, 2.05) is 12.1 Å². The van der Waals surface area contributed by atoms with Crippen molar-refractivity contribution in [1.29, 1.82) is 0 Å². The lowest BCUT2D eigenvalue weighted by Crippen LogP contribution is -1.83. The number of halogens is 2. The Hall–Kier alpha value is -0.250. The Morgan fingerprint density at radius 3 is 2.92 bits per heavy atom. The van der Waals surface area contributed by atoms with E-state index in [1.54, 1.807) is 18.4 Å². The summed E-state index contributed by atoms with van der Waals surface area (Å²) in [6.07, 6.45) is 0. The number of thiophene rings is 1. The van der Waals surface area contributed by atoms with Gasteiger partial charge in [0.2, 0.25) is 0 Å². The zero-order valence-electron chi connectivity index (χ0n) is 6.80. The Morgan fingerprint density at radius 2 is 2.23 bits per heavy atom. The second-order valence-corrected chi connectivity index (χ2v) is 5.39. The second-order valence-electron chi connectivity index (χ2n) is 2.55. The Balaban J connectivity index is 2.82. The van der Waals surface area contributed by atoms with Gasteiger partial charge in [-0.1, -0.05) is 17.7 Å². The van der Waals surface area contributed by atoms with E-state index < -0.39 is 0 Å². The monoisotopic (exact) mass is 276 g/mol. The maximum Gasteiger partial charge on any atom is 0.155 e. The van der Waals surface area contributed by atoms with Crippen LogP contribution in [0.3, 0.4) is 0 Å². The first-order valence-corrected chi connectivity index (χ1v) is 5.62. The van der Waals surface area contributed by atoms with Gasteiger partial charge in [0.15, 0.2) is 5.75 Å². The van der Waals surface area contributed by atoms with Crippen LogP contribution in [-0.4, -0.2) is 7.11 Å². The molecular formula is C9H6BrClOS. The van der Waals surface area contributed by atoms with Crippen LogP contribution >= 0.6 is 38.9 Å². The molecular weight excluding hydrogens is 272 g/mol. The van der Waals surface area contributed by atoms with Crippen LogP contribution in [0.4, 0.5) is 0 Å². The van der Waals surface area contributed by atoms with Gasteiger partial charge in [0.1, 0.15) is 0 Å². The first-order chi connectivity index (χ1) is 6.22. The van der Waals surface area contributed by atoms with Gasteiger partial charge in [0.05, 0.1) is 20.6 Å². The molecule has 0 bridgehead atoms. The number of methoxy groups -OCH3 is 1. The highest BCUT2D eigenvalue weighted by molar-refractivity contribution is 9.11. The van der Waals surface area contributed by atoms with Crippen LogP contribution < -0.4 is 4.74 Å². The third-order valence-electron chi connectivity index (χ3n) is 1.77. The molecule has 13 heavy (non-hydrogen) atoms. The molecule has 0 aliphatic carbocycles. The van der Waals surface area contributed by atoms with Gasteiger partial charge in [-0.05, 0) is 33.4 Å². The molecule has 0 aliphatic rings. The summed E-state index contributed by atoms with van der Waals surface area (Å²) in [5.41, 5.74) is 0. The molecule has 0 radical (unpaired) electrons. The number of fused-ring (bicyclic) bond motifs is 1. The minimum Gasteiger partial charge on any atom is -0.494 e. The summed E-state index contributed by atoms with van der Waals surface area (Å²) in [5.74, 6) is 0.759. The Labute approximate surface area is 93.4 Å². The fourth-order valence-electron chi connectivity index (χ4n) is 1.21. The average molecular weight is 278 g/mol. The topological polar surface area (TPSA) is 9.23 Å². The predicted octanol–water partition coefficient (Wildman–Crippen LogP) is 4.33. The van der Waals surface area contributed by atoms with Gasteiger partial charge in [-0.3, -0.25) is 0 Å². The van der Waals surface area contributed by atoms with Crippen LogP contribution in [0.25, 0.3) is 10.1 Å². The van der Waals surface area contributed by atoms with Crippen molar-refractivity contribution in [2.75, 3.05) is 7.11 Å². The van der Waals surface area contributed by atoms with E-state index in [0.717, 1.165) is 19.6 Å². The molecule has 2 rings (SSSR count). The number of rotatable bonds is 1. The normalized spacial score (nSPS) is 10.7. The first-order valence-electron chi connectivity index (χ1n) is 3.64. The lowest BCUT2D eigenvalue weighted by molar-refractivity contribution is 0.420. The molecule has 0 spiro atoms. The smallest absolute Gasteiger partial charge is 0.155 e. The van der Waals surface area contributed by atoms with Crippen molar-refractivity contribution in [3.63, 3.8) is 0 Å². The summed E-state index contributed by atoms with van der Waals surface area (Å²) < 4.78 is 7.40. The van der Waals surface area contributed by atoms with Gasteiger partial charge in [-0.25, -0.2) is 0 Å². The Morgan fingerprint density at radius 1 is 1.46 bits per heavy atom. The SMILES string of the molecule is COc1c(Cl)ccc2cc(Br)sc12. The highest BCUT2D eigenvalue weighted by Crippen LogP contribution is 2.40. The molecule has 2 aromatic rings. The van der Waals surface area contributed by atoms with Crippen LogP contribution in [0.1, 0.15) is 0 Å². The summed E-state index contributed by atoms with van der Waals surface area (Å²) in [4.78, 5) is 0. The van der Waals surface area contributed by atoms with Crippen molar-refractivity contribution in [2.24, 2.45) is 0 Å². The van der Waals surface area contributed by atoms with Crippen LogP contribution in [-0.2, 0) is 0 Å². The largest absolute Gasteiger partial charge is 0.494 e. The van der Waals surface area contributed by atoms with Crippen LogP contribution in [0.5, 0.6) is 5.75 Å². The maximum atomic E-state index is 5.98. The van der Waals surface area contributed by atoms with Crippen molar-refractivity contribution in [3.8, 4) is 5.75 Å². The summed E-state index contributed by atoms with van der Waals surface area (Å²) >= 11 is 11.0. The van der Waals surface area contributed by atoms with Crippen molar-refractivity contribution in [1.82, 2.24) is 0 Å². The van der Waals surface area contributed by atoms with Crippen molar-refractivity contribution < 1.29 is 4.74 Å². The lowest BCUT2D eigenvalue weighted by atomic mass is 10.2. The van der Waals surface area contributed by atoms with Crippen LogP contribution in [0.2, 0.25) is 5.02 Å². The summed E-state index contributed by atoms with van der Waals surface area (Å²) in [6, 6.07) is 5.89. The first kappa shape index (κ1) is 9.31. The molecule has 68 valence electrons. The molecule has 0 atom stereocenters. The molecule has 1 aromatic carbocycles. The summed E-state index contributed by atoms with van der Waals surface area (Å²) in [6.45, 7) is 0. The summed E-state index contributed by atoms with van der Waals surface area (Å²) in [5, 5.41) is 1.81. The molecule has 0 aliphatic heterocycles. The van der Waals surface area contributed by atoms with Crippen LogP contribution in [0, 0.1) is 0 Å². The zero-order valence-corrected chi connectivity index (χ0v) is 9.96. The molecule has 4 heteroatoms. The van der Waals surface area contributed by atoms with Gasteiger partial charge in [0, 0.05) is 0 Å². The van der Waals surface area contributed by atoms with Gasteiger partial charge >= 0.3 is 0 Å². The standard InChI is InChI=1S/C9H6BrClOS/c1-12-8-6(11)3-2-5-4-7(10)13-9(5)8/h2-4H,1H3. The fourth-order valence-corrected chi connectivity index (χ4v) is 3.15. The molecule has 1 heterocycles. The van der Waals surface area contributed by atoms with Gasteiger partial charge in [0.25, 0.3) is 0 Å². The van der Waals surface area contributed by atoms with Crippen molar-refractivity contribution >= 4 is 49.0 Å². The number of hydrogen-bond acceptors (Lipinski definition) is 2. The number of ether oxygens (including phenoxy) is 1. The minimum atomic E-state index is 0.657. The van der Waals surface area contributed by atoms with Crippen LogP contribution in [0.15, 0.2) is 22.0 Å². The van der Waals surface area contributed by atoms with Gasteiger partial charge in [-0.2, -0.15) is 0 Å². The summed E-state index contributed by atoms with van der Waals surface area (Å²) in [7, 11) is 1.63. The average Bonchev–Trinajstić information content (AvgIpc) is 2.45. The molecule has 0 N–H and O–H groups in total. The zero-order chi connectivity index (χ0) is 9.42. The molecule has 0 amide bonds. The van der Waals surface area contributed by atoms with E-state index in [0.29, 0.717) is 5.02 Å². The maximum absolute atomic E-state index is 5.98. The third kappa shape index (κ3) is 1.56. The minimum absolute atomic E-state index is 0.657. The van der Waals surface area contributed by atoms with E-state index in [2.05, 4.69) is 22.0 Å². The fraction of sp³-hybridized carbons (Fsp3) is 0.111. The van der Waals surface area contributed by atoms with E-state index in [9.17, 15) is 0 Å². The highest BCUT2D eigenvalue weighted by atomic mass is 79.9. The van der Waals surface area contributed by atoms with Gasteiger partial charge < -0.3 is 4.74 Å². The number of hydrogen-bond donors (Lipinski definition) is 0. The molecule has 0 saturated carbocycles. The molecule has 0 saturated heterocycles. The quantitative estimate of drug-likeness (QED) is 0.754. The van der Waals surface area contributed by atoms with Crippen molar-refractivity contribution in [3.05, 3.63) is 27.0 Å². The highest BCUT2D eigenvalue weighted by Gasteiger charge is 2.08. The molecule has 1 nitrogen and oxygen atoms in total. The lowest BCUT2D eigenvalue weighted by Gasteiger charge is -2.02. The van der Waals surface area contributed by atoms with E-state index in [4.69, 9.17) is 16.3 Å². The Kier molecular flexibility index (Phi) is 2.49. The molecule has 0 unspecified atom stereocenters. The number of benzene rings is 1. The third-order valence-corrected chi connectivity index (χ3v) is 3.72.